The van der Waals surface area contributed by atoms with Gasteiger partial charge in [0.1, 0.15) is 11.5 Å². The summed E-state index contributed by atoms with van der Waals surface area (Å²) in [5.74, 6) is 0.455. The Balaban J connectivity index is 1.85. The highest BCUT2D eigenvalue weighted by atomic mass is 16.4. The Morgan fingerprint density at radius 1 is 0.700 bits per heavy atom. The molecular formula is C27H20O3. The fourth-order valence-corrected chi connectivity index (χ4v) is 4.15. The molecule has 30 heavy (non-hydrogen) atoms. The number of hydrogen-bond donors (Lipinski definition) is 1. The summed E-state index contributed by atoms with van der Waals surface area (Å²) >= 11 is 0. The molecule has 1 N–H and O–H groups in total. The van der Waals surface area contributed by atoms with Crippen molar-refractivity contribution in [2.45, 2.75) is 12.8 Å². The van der Waals surface area contributed by atoms with Gasteiger partial charge in [-0.3, -0.25) is 0 Å². The Morgan fingerprint density at radius 3 is 1.93 bits per heavy atom. The van der Waals surface area contributed by atoms with E-state index in [0.717, 1.165) is 32.8 Å². The topological polar surface area (TPSA) is 50.4 Å². The highest BCUT2D eigenvalue weighted by Crippen LogP contribution is 2.36. The molecule has 0 saturated heterocycles. The number of rotatable bonds is 3. The summed E-state index contributed by atoms with van der Waals surface area (Å²) in [7, 11) is 0. The van der Waals surface area contributed by atoms with Crippen LogP contribution in [0.15, 0.2) is 100 Å². The average molecular weight is 392 g/mol. The number of benzene rings is 4. The predicted octanol–water partition coefficient (Wildman–Crippen LogP) is 6.14. The highest BCUT2D eigenvalue weighted by molar-refractivity contribution is 6.10. The van der Waals surface area contributed by atoms with Crippen LogP contribution in [0.4, 0.5) is 0 Å². The standard InChI is InChI=1S/C27H20O3/c1-17-12-13-20-21(14-17)22-16-25(30-27(29)23(22)15-24(20)28)26(18-8-4-2-5-9-18)19-10-6-3-7-11-19/h2-16,26,28H,1H3. The van der Waals surface area contributed by atoms with Gasteiger partial charge in [-0.2, -0.15) is 0 Å². The quantitative estimate of drug-likeness (QED) is 0.375. The largest absolute Gasteiger partial charge is 0.507 e. The molecule has 0 amide bonds. The Morgan fingerprint density at radius 2 is 1.30 bits per heavy atom. The Bertz CT molecular complexity index is 1380. The van der Waals surface area contributed by atoms with Crippen molar-refractivity contribution in [2.75, 3.05) is 0 Å². The van der Waals surface area contributed by atoms with Gasteiger partial charge in [0.2, 0.25) is 0 Å². The van der Waals surface area contributed by atoms with Crippen LogP contribution in [-0.4, -0.2) is 5.11 Å². The van der Waals surface area contributed by atoms with Gasteiger partial charge in [-0.25, -0.2) is 4.79 Å². The smallest absolute Gasteiger partial charge is 0.344 e. The van der Waals surface area contributed by atoms with Crippen LogP contribution < -0.4 is 5.63 Å². The third-order valence-electron chi connectivity index (χ3n) is 5.58. The lowest BCUT2D eigenvalue weighted by molar-refractivity contribution is 0.460. The minimum atomic E-state index is -0.446. The maximum Gasteiger partial charge on any atom is 0.344 e. The summed E-state index contributed by atoms with van der Waals surface area (Å²) in [5.41, 5.74) is 2.71. The number of aromatic hydroxyl groups is 1. The molecule has 5 rings (SSSR count). The van der Waals surface area contributed by atoms with Crippen molar-refractivity contribution in [1.29, 1.82) is 0 Å². The van der Waals surface area contributed by atoms with E-state index < -0.39 is 5.63 Å². The second kappa shape index (κ2) is 7.20. The molecule has 0 aliphatic carbocycles. The van der Waals surface area contributed by atoms with Crippen molar-refractivity contribution < 1.29 is 9.52 Å². The predicted molar refractivity (Wildman–Crippen MR) is 120 cm³/mol. The SMILES string of the molecule is Cc1ccc2c(O)cc3c(=O)oc(C(c4ccccc4)c4ccccc4)cc3c2c1. The van der Waals surface area contributed by atoms with Crippen LogP contribution >= 0.6 is 0 Å². The van der Waals surface area contributed by atoms with Gasteiger partial charge >= 0.3 is 5.63 Å². The van der Waals surface area contributed by atoms with Crippen LogP contribution in [-0.2, 0) is 0 Å². The second-order valence-corrected chi connectivity index (χ2v) is 7.60. The summed E-state index contributed by atoms with van der Waals surface area (Å²) in [6.07, 6.45) is 0. The van der Waals surface area contributed by atoms with Gasteiger partial charge in [0, 0.05) is 10.8 Å². The Hall–Kier alpha value is -3.85. The van der Waals surface area contributed by atoms with E-state index in [1.165, 1.54) is 6.07 Å². The number of hydrogen-bond acceptors (Lipinski definition) is 3. The van der Waals surface area contributed by atoms with Crippen LogP contribution in [0, 0.1) is 6.92 Å². The molecule has 0 spiro atoms. The molecule has 1 aromatic heterocycles. The van der Waals surface area contributed by atoms with Gasteiger partial charge in [0.05, 0.1) is 11.3 Å². The van der Waals surface area contributed by atoms with Crippen LogP contribution in [0.1, 0.15) is 28.4 Å². The zero-order valence-corrected chi connectivity index (χ0v) is 16.5. The van der Waals surface area contributed by atoms with Gasteiger partial charge in [0.15, 0.2) is 0 Å². The highest BCUT2D eigenvalue weighted by Gasteiger charge is 2.21. The van der Waals surface area contributed by atoms with Gasteiger partial charge in [-0.1, -0.05) is 84.4 Å². The molecule has 0 fully saturated rings. The first-order chi connectivity index (χ1) is 14.6. The number of phenolic OH excluding ortho intramolecular Hbond substituents is 1. The first-order valence-corrected chi connectivity index (χ1v) is 9.92. The molecule has 4 aromatic carbocycles. The number of phenols is 1. The molecule has 0 atom stereocenters. The molecule has 0 aliphatic rings. The van der Waals surface area contributed by atoms with E-state index >= 15 is 0 Å². The maximum absolute atomic E-state index is 13.0. The molecule has 0 unspecified atom stereocenters. The summed E-state index contributed by atoms with van der Waals surface area (Å²) in [4.78, 5) is 13.0. The van der Waals surface area contributed by atoms with Crippen molar-refractivity contribution in [1.82, 2.24) is 0 Å². The monoisotopic (exact) mass is 392 g/mol. The van der Waals surface area contributed by atoms with E-state index in [4.69, 9.17) is 4.42 Å². The maximum atomic E-state index is 13.0. The Kier molecular flexibility index (Phi) is 4.36. The van der Waals surface area contributed by atoms with Crippen LogP contribution in [0.5, 0.6) is 5.75 Å². The molecular weight excluding hydrogens is 372 g/mol. The third kappa shape index (κ3) is 3.05. The molecule has 0 saturated carbocycles. The molecule has 3 heteroatoms. The van der Waals surface area contributed by atoms with E-state index in [9.17, 15) is 9.90 Å². The summed E-state index contributed by atoms with van der Waals surface area (Å²) in [6, 6.07) is 29.4. The Labute approximate surface area is 173 Å². The van der Waals surface area contributed by atoms with E-state index in [1.54, 1.807) is 0 Å². The van der Waals surface area contributed by atoms with E-state index in [0.29, 0.717) is 11.1 Å². The fourth-order valence-electron chi connectivity index (χ4n) is 4.15. The zero-order chi connectivity index (χ0) is 20.7. The number of aryl methyl sites for hydroxylation is 1. The number of fused-ring (bicyclic) bond motifs is 3. The lowest BCUT2D eigenvalue weighted by Gasteiger charge is -2.18. The fraction of sp³-hybridized carbons (Fsp3) is 0.0741. The van der Waals surface area contributed by atoms with Crippen LogP contribution in [0.2, 0.25) is 0 Å². The van der Waals surface area contributed by atoms with Gasteiger partial charge in [0.25, 0.3) is 0 Å². The first kappa shape index (κ1) is 18.2. The third-order valence-corrected chi connectivity index (χ3v) is 5.58. The van der Waals surface area contributed by atoms with Gasteiger partial charge in [-0.15, -0.1) is 0 Å². The summed E-state index contributed by atoms with van der Waals surface area (Å²) in [6.45, 7) is 2.00. The minimum Gasteiger partial charge on any atom is -0.507 e. The van der Waals surface area contributed by atoms with Gasteiger partial charge < -0.3 is 9.52 Å². The molecule has 0 bridgehead atoms. The molecule has 1 heterocycles. The lowest BCUT2D eigenvalue weighted by atomic mass is 9.88. The zero-order valence-electron chi connectivity index (χ0n) is 16.5. The lowest BCUT2D eigenvalue weighted by Crippen LogP contribution is -2.09. The van der Waals surface area contributed by atoms with E-state index in [1.807, 2.05) is 91.9 Å². The second-order valence-electron chi connectivity index (χ2n) is 7.60. The molecule has 146 valence electrons. The van der Waals surface area contributed by atoms with Crippen molar-refractivity contribution >= 4 is 21.5 Å². The summed E-state index contributed by atoms with van der Waals surface area (Å²) < 4.78 is 5.83. The summed E-state index contributed by atoms with van der Waals surface area (Å²) in [5, 5.41) is 13.2. The minimum absolute atomic E-state index is 0.0835. The molecule has 0 aliphatic heterocycles. The first-order valence-electron chi connectivity index (χ1n) is 9.92. The van der Waals surface area contributed by atoms with Crippen molar-refractivity contribution in [3.8, 4) is 5.75 Å². The average Bonchev–Trinajstić information content (AvgIpc) is 2.76. The normalized spacial score (nSPS) is 11.4. The van der Waals surface area contributed by atoms with Crippen LogP contribution in [0.25, 0.3) is 21.5 Å². The van der Waals surface area contributed by atoms with Gasteiger partial charge in [-0.05, 0) is 35.6 Å². The van der Waals surface area contributed by atoms with Crippen molar-refractivity contribution in [2.24, 2.45) is 0 Å². The molecule has 3 nitrogen and oxygen atoms in total. The van der Waals surface area contributed by atoms with E-state index in [-0.39, 0.29) is 11.7 Å². The molecule has 5 aromatic rings. The van der Waals surface area contributed by atoms with Crippen LogP contribution in [0.3, 0.4) is 0 Å². The van der Waals surface area contributed by atoms with Crippen molar-refractivity contribution in [3.63, 3.8) is 0 Å². The van der Waals surface area contributed by atoms with E-state index in [2.05, 4.69) is 0 Å². The van der Waals surface area contributed by atoms with Crippen molar-refractivity contribution in [3.05, 3.63) is 124 Å². The molecule has 0 radical (unpaired) electrons.